The summed E-state index contributed by atoms with van der Waals surface area (Å²) in [5.41, 5.74) is 4.92. The van der Waals surface area contributed by atoms with Gasteiger partial charge in [0.15, 0.2) is 0 Å². The van der Waals surface area contributed by atoms with E-state index in [4.69, 9.17) is 4.74 Å². The number of benzene rings is 2. The molecule has 0 saturated carbocycles. The minimum absolute atomic E-state index is 0.0579. The van der Waals surface area contributed by atoms with Crippen LogP contribution in [-0.4, -0.2) is 21.9 Å². The maximum atomic E-state index is 12.2. The van der Waals surface area contributed by atoms with E-state index in [1.165, 1.54) is 12.1 Å². The molecule has 3 aromatic rings. The van der Waals surface area contributed by atoms with Gasteiger partial charge in [0.1, 0.15) is 17.2 Å². The molecule has 0 spiro atoms. The van der Waals surface area contributed by atoms with Crippen LogP contribution >= 0.6 is 0 Å². The number of hydrogen-bond acceptors (Lipinski definition) is 5. The topological polar surface area (TPSA) is 101 Å². The molecule has 0 bridgehead atoms. The van der Waals surface area contributed by atoms with Crippen LogP contribution in [0.2, 0.25) is 0 Å². The number of phenolic OH excluding ortho intramolecular Hbond substituents is 1. The van der Waals surface area contributed by atoms with Crippen LogP contribution in [0.3, 0.4) is 0 Å². The summed E-state index contributed by atoms with van der Waals surface area (Å²) in [5, 5.41) is 9.65. The molecule has 0 radical (unpaired) electrons. The van der Waals surface area contributed by atoms with Gasteiger partial charge in [-0.3, -0.25) is 25.4 Å². The molecule has 2 amide bonds. The number of aromatic hydroxyl groups is 1. The Labute approximate surface area is 149 Å². The van der Waals surface area contributed by atoms with Gasteiger partial charge in [-0.1, -0.05) is 18.2 Å². The second-order valence-corrected chi connectivity index (χ2v) is 5.24. The Balaban J connectivity index is 1.64. The van der Waals surface area contributed by atoms with E-state index in [2.05, 4.69) is 15.8 Å². The standard InChI is InChI=1S/C19H15N3O4/c23-17-7-2-1-6-16(17)19(25)22-21-18(24)13-4-3-5-15(12-13)26-14-8-10-20-11-9-14/h1-12,23H,(H,21,24)(H,22,25). The number of hydrogen-bond donors (Lipinski definition) is 3. The van der Waals surface area contributed by atoms with Crippen LogP contribution in [0.1, 0.15) is 20.7 Å². The van der Waals surface area contributed by atoms with Crippen LogP contribution in [0.4, 0.5) is 0 Å². The SMILES string of the molecule is O=C(NNC(=O)c1ccccc1O)c1cccc(Oc2ccncc2)c1. The van der Waals surface area contributed by atoms with Crippen molar-refractivity contribution in [1.29, 1.82) is 0 Å². The summed E-state index contributed by atoms with van der Waals surface area (Å²) in [6, 6.07) is 15.9. The Kier molecular flexibility index (Phi) is 5.09. The molecule has 3 rings (SSSR count). The van der Waals surface area contributed by atoms with Crippen LogP contribution in [0, 0.1) is 0 Å². The minimum atomic E-state index is -0.624. The van der Waals surface area contributed by atoms with Crippen molar-refractivity contribution in [2.45, 2.75) is 0 Å². The normalized spacial score (nSPS) is 10.0. The van der Waals surface area contributed by atoms with Crippen LogP contribution in [0.15, 0.2) is 73.1 Å². The highest BCUT2D eigenvalue weighted by molar-refractivity contribution is 6.00. The Morgan fingerprint density at radius 1 is 0.846 bits per heavy atom. The lowest BCUT2D eigenvalue weighted by molar-refractivity contribution is 0.0845. The van der Waals surface area contributed by atoms with Gasteiger partial charge in [0.05, 0.1) is 5.56 Å². The molecule has 26 heavy (non-hydrogen) atoms. The van der Waals surface area contributed by atoms with Crippen molar-refractivity contribution in [3.63, 3.8) is 0 Å². The molecule has 0 aliphatic carbocycles. The Morgan fingerprint density at radius 2 is 1.58 bits per heavy atom. The number of ether oxygens (including phenoxy) is 1. The highest BCUT2D eigenvalue weighted by Gasteiger charge is 2.12. The van der Waals surface area contributed by atoms with Gasteiger partial charge in [-0.15, -0.1) is 0 Å². The molecular weight excluding hydrogens is 334 g/mol. The quantitative estimate of drug-likeness (QED) is 0.629. The lowest BCUT2D eigenvalue weighted by Gasteiger charge is -2.10. The number of phenols is 1. The van der Waals surface area contributed by atoms with E-state index >= 15 is 0 Å². The summed E-state index contributed by atoms with van der Waals surface area (Å²) >= 11 is 0. The molecule has 0 unspecified atom stereocenters. The van der Waals surface area contributed by atoms with Crippen LogP contribution in [-0.2, 0) is 0 Å². The van der Waals surface area contributed by atoms with Crippen LogP contribution < -0.4 is 15.6 Å². The Hall–Kier alpha value is -3.87. The summed E-state index contributed by atoms with van der Waals surface area (Å²) in [5.74, 6) is -0.261. The number of para-hydroxylation sites is 1. The third kappa shape index (κ3) is 4.15. The number of nitrogens with one attached hydrogen (secondary N) is 2. The Morgan fingerprint density at radius 3 is 2.35 bits per heavy atom. The van der Waals surface area contributed by atoms with Crippen molar-refractivity contribution in [1.82, 2.24) is 15.8 Å². The molecule has 7 heteroatoms. The zero-order valence-electron chi connectivity index (χ0n) is 13.5. The van der Waals surface area contributed by atoms with Gasteiger partial charge < -0.3 is 9.84 Å². The van der Waals surface area contributed by atoms with E-state index in [1.54, 1.807) is 60.9 Å². The van der Waals surface area contributed by atoms with E-state index in [0.29, 0.717) is 17.1 Å². The number of hydrazine groups is 1. The highest BCUT2D eigenvalue weighted by Crippen LogP contribution is 2.21. The zero-order valence-corrected chi connectivity index (χ0v) is 13.5. The number of aromatic nitrogens is 1. The highest BCUT2D eigenvalue weighted by atomic mass is 16.5. The van der Waals surface area contributed by atoms with E-state index < -0.39 is 11.8 Å². The Bertz CT molecular complexity index is 929. The first-order valence-corrected chi connectivity index (χ1v) is 7.70. The molecule has 1 heterocycles. The van der Waals surface area contributed by atoms with Crippen molar-refractivity contribution >= 4 is 11.8 Å². The van der Waals surface area contributed by atoms with Crippen molar-refractivity contribution in [2.75, 3.05) is 0 Å². The fourth-order valence-corrected chi connectivity index (χ4v) is 2.16. The fourth-order valence-electron chi connectivity index (χ4n) is 2.16. The first-order valence-electron chi connectivity index (χ1n) is 7.70. The molecule has 130 valence electrons. The van der Waals surface area contributed by atoms with E-state index in [9.17, 15) is 14.7 Å². The summed E-state index contributed by atoms with van der Waals surface area (Å²) in [7, 11) is 0. The number of amides is 2. The average molecular weight is 349 g/mol. The number of carbonyl (C=O) groups excluding carboxylic acids is 2. The van der Waals surface area contributed by atoms with Gasteiger partial charge in [0, 0.05) is 18.0 Å². The van der Waals surface area contributed by atoms with E-state index in [1.807, 2.05) is 0 Å². The van der Waals surface area contributed by atoms with Gasteiger partial charge in [-0.05, 0) is 42.5 Å². The van der Waals surface area contributed by atoms with Crippen LogP contribution in [0.5, 0.6) is 17.2 Å². The molecular formula is C19H15N3O4. The molecule has 3 N–H and O–H groups in total. The number of carbonyl (C=O) groups is 2. The lowest BCUT2D eigenvalue weighted by atomic mass is 10.2. The molecule has 0 aliphatic rings. The minimum Gasteiger partial charge on any atom is -0.507 e. The van der Waals surface area contributed by atoms with Gasteiger partial charge in [0.2, 0.25) is 0 Å². The van der Waals surface area contributed by atoms with Crippen molar-refractivity contribution < 1.29 is 19.4 Å². The monoisotopic (exact) mass is 349 g/mol. The third-order valence-corrected chi connectivity index (χ3v) is 3.42. The average Bonchev–Trinajstić information content (AvgIpc) is 2.67. The van der Waals surface area contributed by atoms with E-state index in [0.717, 1.165) is 0 Å². The second kappa shape index (κ2) is 7.80. The fraction of sp³-hybridized carbons (Fsp3) is 0. The molecule has 0 saturated heterocycles. The molecule has 7 nitrogen and oxygen atoms in total. The molecule has 2 aromatic carbocycles. The van der Waals surface area contributed by atoms with Crippen molar-refractivity contribution in [3.8, 4) is 17.2 Å². The molecule has 0 atom stereocenters. The number of pyridine rings is 1. The van der Waals surface area contributed by atoms with Gasteiger partial charge >= 0.3 is 0 Å². The number of nitrogens with zero attached hydrogens (tertiary/aromatic N) is 1. The zero-order chi connectivity index (χ0) is 18.4. The van der Waals surface area contributed by atoms with Gasteiger partial charge in [0.25, 0.3) is 11.8 Å². The molecule has 0 aliphatic heterocycles. The predicted molar refractivity (Wildman–Crippen MR) is 93.8 cm³/mol. The predicted octanol–water partition coefficient (Wildman–Crippen LogP) is 2.65. The summed E-state index contributed by atoms with van der Waals surface area (Å²) < 4.78 is 5.64. The van der Waals surface area contributed by atoms with E-state index in [-0.39, 0.29) is 11.3 Å². The summed E-state index contributed by atoms with van der Waals surface area (Å²) in [6.07, 6.45) is 3.20. The van der Waals surface area contributed by atoms with Gasteiger partial charge in [-0.25, -0.2) is 0 Å². The van der Waals surface area contributed by atoms with Gasteiger partial charge in [-0.2, -0.15) is 0 Å². The van der Waals surface area contributed by atoms with Crippen molar-refractivity contribution in [3.05, 3.63) is 84.2 Å². The maximum Gasteiger partial charge on any atom is 0.273 e. The third-order valence-electron chi connectivity index (χ3n) is 3.42. The van der Waals surface area contributed by atoms with Crippen molar-refractivity contribution in [2.24, 2.45) is 0 Å². The lowest BCUT2D eigenvalue weighted by Crippen LogP contribution is -2.41. The summed E-state index contributed by atoms with van der Waals surface area (Å²) in [4.78, 5) is 28.1. The first kappa shape index (κ1) is 17.0. The largest absolute Gasteiger partial charge is 0.507 e. The molecule has 0 fully saturated rings. The second-order valence-electron chi connectivity index (χ2n) is 5.24. The molecule has 1 aromatic heterocycles. The number of rotatable bonds is 4. The summed E-state index contributed by atoms with van der Waals surface area (Å²) in [6.45, 7) is 0. The smallest absolute Gasteiger partial charge is 0.273 e. The maximum absolute atomic E-state index is 12.2. The van der Waals surface area contributed by atoms with Crippen LogP contribution in [0.25, 0.3) is 0 Å². The first-order chi connectivity index (χ1) is 12.6.